The molecule has 0 aliphatic heterocycles. The summed E-state index contributed by atoms with van der Waals surface area (Å²) in [6.45, 7) is 2.84. The number of carbonyl (C=O) groups excluding carboxylic acids is 1. The molecule has 0 saturated carbocycles. The monoisotopic (exact) mass is 352 g/mol. The van der Waals surface area contributed by atoms with E-state index in [-0.39, 0.29) is 22.1 Å². The topological polar surface area (TPSA) is 63.6 Å². The Balaban J connectivity index is 2.36. The Labute approximate surface area is 143 Å². The van der Waals surface area contributed by atoms with Gasteiger partial charge in [-0.25, -0.2) is 4.79 Å². The summed E-state index contributed by atoms with van der Waals surface area (Å²) in [5.74, 6) is -1.16. The van der Waals surface area contributed by atoms with Crippen LogP contribution in [0.2, 0.25) is 10.0 Å². The Hall–Kier alpha value is -2.04. The molecule has 0 amide bonds. The van der Waals surface area contributed by atoms with Crippen LogP contribution in [-0.2, 0) is 4.79 Å². The molecule has 1 N–H and O–H groups in total. The molecule has 2 rings (SSSR count). The Morgan fingerprint density at radius 2 is 1.65 bits per heavy atom. The number of aliphatic carboxylic acids is 1. The zero-order valence-corrected chi connectivity index (χ0v) is 14.0. The highest BCUT2D eigenvalue weighted by Gasteiger charge is 2.29. The summed E-state index contributed by atoms with van der Waals surface area (Å²) in [6, 6.07) is 10.9. The lowest BCUT2D eigenvalue weighted by molar-refractivity contribution is -0.152. The molecule has 0 radical (unpaired) electrons. The highest BCUT2D eigenvalue weighted by atomic mass is 35.5. The van der Waals surface area contributed by atoms with Crippen LogP contribution in [0, 0.1) is 0 Å². The van der Waals surface area contributed by atoms with Gasteiger partial charge in [0.25, 0.3) is 0 Å². The smallest absolute Gasteiger partial charge is 0.347 e. The van der Waals surface area contributed by atoms with Gasteiger partial charge in [0.2, 0.25) is 0 Å². The Morgan fingerprint density at radius 3 is 2.22 bits per heavy atom. The lowest BCUT2D eigenvalue weighted by atomic mass is 10.0. The molecule has 0 fully saturated rings. The summed E-state index contributed by atoms with van der Waals surface area (Å²) in [4.78, 5) is 23.7. The average Bonchev–Trinajstić information content (AvgIpc) is 2.49. The van der Waals surface area contributed by atoms with Crippen molar-refractivity contribution in [1.29, 1.82) is 0 Å². The minimum Gasteiger partial charge on any atom is -0.478 e. The normalized spacial score (nSPS) is 11.1. The lowest BCUT2D eigenvalue weighted by Crippen LogP contribution is -2.37. The molecule has 2 aromatic carbocycles. The van der Waals surface area contributed by atoms with Crippen LogP contribution in [-0.4, -0.2) is 22.5 Å². The first-order valence-corrected chi connectivity index (χ1v) is 7.48. The fourth-order valence-corrected chi connectivity index (χ4v) is 2.17. The number of hydrogen-bond acceptors (Lipinski definition) is 3. The molecule has 0 aromatic heterocycles. The van der Waals surface area contributed by atoms with Crippen molar-refractivity contribution in [2.45, 2.75) is 19.4 Å². The molecule has 0 aliphatic carbocycles. The SMILES string of the molecule is CC(C)(Oc1ccc(Cl)c(C(=O)c2ccc(Cl)cc2)c1)C(=O)O. The number of ether oxygens (including phenoxy) is 1. The van der Waals surface area contributed by atoms with Crippen LogP contribution in [0.4, 0.5) is 0 Å². The van der Waals surface area contributed by atoms with E-state index in [9.17, 15) is 9.59 Å². The van der Waals surface area contributed by atoms with Crippen molar-refractivity contribution in [1.82, 2.24) is 0 Å². The largest absolute Gasteiger partial charge is 0.478 e. The van der Waals surface area contributed by atoms with Crippen LogP contribution in [0.5, 0.6) is 5.75 Å². The molecule has 0 unspecified atom stereocenters. The molecule has 0 aliphatic rings. The quantitative estimate of drug-likeness (QED) is 0.806. The van der Waals surface area contributed by atoms with Gasteiger partial charge in [0.1, 0.15) is 5.75 Å². The van der Waals surface area contributed by atoms with E-state index in [0.29, 0.717) is 10.6 Å². The van der Waals surface area contributed by atoms with Crippen molar-refractivity contribution >= 4 is 35.0 Å². The van der Waals surface area contributed by atoms with Crippen LogP contribution < -0.4 is 4.74 Å². The van der Waals surface area contributed by atoms with E-state index in [4.69, 9.17) is 33.0 Å². The predicted octanol–water partition coefficient (Wildman–Crippen LogP) is 4.47. The molecule has 6 heteroatoms. The van der Waals surface area contributed by atoms with Gasteiger partial charge < -0.3 is 9.84 Å². The maximum Gasteiger partial charge on any atom is 0.347 e. The molecule has 0 spiro atoms. The van der Waals surface area contributed by atoms with E-state index in [1.807, 2.05) is 0 Å². The van der Waals surface area contributed by atoms with E-state index in [1.54, 1.807) is 24.3 Å². The number of rotatable bonds is 5. The van der Waals surface area contributed by atoms with Gasteiger partial charge in [-0.15, -0.1) is 0 Å². The van der Waals surface area contributed by atoms with Crippen molar-refractivity contribution in [3.63, 3.8) is 0 Å². The number of carbonyl (C=O) groups is 2. The average molecular weight is 353 g/mol. The van der Waals surface area contributed by atoms with Gasteiger partial charge in [0.15, 0.2) is 11.4 Å². The van der Waals surface area contributed by atoms with E-state index in [0.717, 1.165) is 0 Å². The van der Waals surface area contributed by atoms with E-state index < -0.39 is 11.6 Å². The predicted molar refractivity (Wildman–Crippen MR) is 88.7 cm³/mol. The first-order chi connectivity index (χ1) is 10.7. The first-order valence-electron chi connectivity index (χ1n) is 6.73. The standard InChI is InChI=1S/C17H14Cl2O4/c1-17(2,16(21)22)23-12-7-8-14(19)13(9-12)15(20)10-3-5-11(18)6-4-10/h3-9H,1-2H3,(H,21,22). The zero-order valence-electron chi connectivity index (χ0n) is 12.5. The number of benzene rings is 2. The van der Waals surface area contributed by atoms with Crippen LogP contribution in [0.15, 0.2) is 42.5 Å². The van der Waals surface area contributed by atoms with E-state index >= 15 is 0 Å². The Kier molecular flexibility index (Phi) is 4.97. The van der Waals surface area contributed by atoms with Gasteiger partial charge in [0, 0.05) is 16.1 Å². The second-order valence-electron chi connectivity index (χ2n) is 5.40. The highest BCUT2D eigenvalue weighted by Crippen LogP contribution is 2.27. The molecular formula is C17H14Cl2O4. The van der Waals surface area contributed by atoms with Crippen molar-refractivity contribution in [2.75, 3.05) is 0 Å². The number of carboxylic acid groups (broad SMARTS) is 1. The molecule has 0 atom stereocenters. The molecule has 120 valence electrons. The minimum absolute atomic E-state index is 0.229. The third-order valence-electron chi connectivity index (χ3n) is 3.18. The fourth-order valence-electron chi connectivity index (χ4n) is 1.84. The maximum atomic E-state index is 12.5. The third-order valence-corrected chi connectivity index (χ3v) is 3.76. The maximum absolute atomic E-state index is 12.5. The molecule has 0 bridgehead atoms. The van der Waals surface area contributed by atoms with Crippen molar-refractivity contribution in [3.8, 4) is 5.75 Å². The number of halogens is 2. The van der Waals surface area contributed by atoms with Gasteiger partial charge in [0.05, 0.1) is 5.02 Å². The summed E-state index contributed by atoms with van der Waals surface area (Å²) >= 11 is 11.9. The van der Waals surface area contributed by atoms with E-state index in [1.165, 1.54) is 32.0 Å². The molecule has 4 nitrogen and oxygen atoms in total. The molecule has 0 heterocycles. The number of hydrogen-bond donors (Lipinski definition) is 1. The second kappa shape index (κ2) is 6.60. The fraction of sp³-hybridized carbons (Fsp3) is 0.176. The van der Waals surface area contributed by atoms with E-state index in [2.05, 4.69) is 0 Å². The zero-order chi connectivity index (χ0) is 17.2. The molecule has 23 heavy (non-hydrogen) atoms. The number of ketones is 1. The second-order valence-corrected chi connectivity index (χ2v) is 6.24. The third kappa shape index (κ3) is 4.03. The summed E-state index contributed by atoms with van der Waals surface area (Å²) < 4.78 is 5.43. The molecule has 2 aromatic rings. The van der Waals surface area contributed by atoms with Gasteiger partial charge >= 0.3 is 5.97 Å². The van der Waals surface area contributed by atoms with Crippen LogP contribution in [0.3, 0.4) is 0 Å². The van der Waals surface area contributed by atoms with Gasteiger partial charge in [-0.2, -0.15) is 0 Å². The van der Waals surface area contributed by atoms with Crippen molar-refractivity contribution in [3.05, 3.63) is 63.6 Å². The van der Waals surface area contributed by atoms with Crippen LogP contribution >= 0.6 is 23.2 Å². The Bertz CT molecular complexity index is 752. The minimum atomic E-state index is -1.42. The van der Waals surface area contributed by atoms with Crippen molar-refractivity contribution < 1.29 is 19.4 Å². The van der Waals surface area contributed by atoms with Crippen LogP contribution in [0.1, 0.15) is 29.8 Å². The van der Waals surface area contributed by atoms with Crippen LogP contribution in [0.25, 0.3) is 0 Å². The first kappa shape index (κ1) is 17.3. The lowest BCUT2D eigenvalue weighted by Gasteiger charge is -2.22. The van der Waals surface area contributed by atoms with Gasteiger partial charge in [-0.05, 0) is 56.3 Å². The highest BCUT2D eigenvalue weighted by molar-refractivity contribution is 6.35. The summed E-state index contributed by atoms with van der Waals surface area (Å²) in [5, 5.41) is 9.89. The van der Waals surface area contributed by atoms with Crippen molar-refractivity contribution in [2.24, 2.45) is 0 Å². The Morgan fingerprint density at radius 1 is 1.04 bits per heavy atom. The molecular weight excluding hydrogens is 339 g/mol. The summed E-state index contributed by atoms with van der Waals surface area (Å²) in [7, 11) is 0. The summed E-state index contributed by atoms with van der Waals surface area (Å²) in [5.41, 5.74) is -0.771. The summed E-state index contributed by atoms with van der Waals surface area (Å²) in [6.07, 6.45) is 0. The number of carboxylic acids is 1. The van der Waals surface area contributed by atoms with Gasteiger partial charge in [-0.3, -0.25) is 4.79 Å². The molecule has 0 saturated heterocycles. The van der Waals surface area contributed by atoms with Gasteiger partial charge in [-0.1, -0.05) is 23.2 Å².